The molecule has 35 heavy (non-hydrogen) atoms. The first-order valence-electron chi connectivity index (χ1n) is 10.8. The van der Waals surface area contributed by atoms with Crippen LogP contribution in [0.5, 0.6) is 0 Å². The third kappa shape index (κ3) is 6.06. The number of nitrogens with zero attached hydrogens (tertiary/aromatic N) is 2. The van der Waals surface area contributed by atoms with E-state index in [2.05, 4.69) is 9.98 Å². The van der Waals surface area contributed by atoms with Crippen LogP contribution in [0.1, 0.15) is 22.3 Å². The number of halogens is 2. The topological polar surface area (TPSA) is 58.9 Å². The molecule has 4 rings (SSSR count). The predicted octanol–water partition coefficient (Wildman–Crippen LogP) is 7.94. The number of aliphatic imine (C=N–C) groups is 2. The van der Waals surface area contributed by atoms with Gasteiger partial charge in [0.05, 0.1) is 21.2 Å². The van der Waals surface area contributed by atoms with Crippen LogP contribution < -0.4 is 0 Å². The maximum atomic E-state index is 13.1. The molecule has 0 radical (unpaired) electrons. The minimum Gasteiger partial charge on any atom is -0.256 e. The fourth-order valence-corrected chi connectivity index (χ4v) is 4.96. The van der Waals surface area contributed by atoms with Gasteiger partial charge in [0.25, 0.3) is 0 Å². The molecule has 0 spiro atoms. The van der Waals surface area contributed by atoms with Crippen LogP contribution in [0.15, 0.2) is 105 Å². The molecule has 0 saturated heterocycles. The van der Waals surface area contributed by atoms with Gasteiger partial charge in [-0.1, -0.05) is 46.5 Å². The lowest BCUT2D eigenvalue weighted by Crippen LogP contribution is -2.01. The summed E-state index contributed by atoms with van der Waals surface area (Å²) in [5.41, 5.74) is 5.01. The molecule has 0 bridgehead atoms. The zero-order valence-corrected chi connectivity index (χ0v) is 21.4. The van der Waals surface area contributed by atoms with E-state index >= 15 is 0 Å². The Morgan fingerprint density at radius 2 is 0.971 bits per heavy atom. The number of rotatable bonds is 6. The van der Waals surface area contributed by atoms with Crippen molar-refractivity contribution < 1.29 is 8.42 Å². The molecule has 0 N–H and O–H groups in total. The van der Waals surface area contributed by atoms with Crippen molar-refractivity contribution in [2.24, 2.45) is 9.98 Å². The fourth-order valence-electron chi connectivity index (χ4n) is 3.37. The molecule has 7 heteroatoms. The first-order chi connectivity index (χ1) is 16.7. The van der Waals surface area contributed by atoms with Gasteiger partial charge >= 0.3 is 0 Å². The van der Waals surface area contributed by atoms with E-state index in [1.807, 2.05) is 50.2 Å². The Morgan fingerprint density at radius 3 is 1.34 bits per heavy atom. The lowest BCUT2D eigenvalue weighted by Gasteiger charge is -2.06. The first-order valence-corrected chi connectivity index (χ1v) is 13.0. The molecule has 0 atom stereocenters. The summed E-state index contributed by atoms with van der Waals surface area (Å²) in [7, 11) is -3.68. The van der Waals surface area contributed by atoms with Gasteiger partial charge in [-0.15, -0.1) is 0 Å². The van der Waals surface area contributed by atoms with Crippen LogP contribution in [0.2, 0.25) is 10.0 Å². The number of benzene rings is 4. The van der Waals surface area contributed by atoms with Crippen molar-refractivity contribution in [1.29, 1.82) is 0 Å². The maximum absolute atomic E-state index is 13.1. The van der Waals surface area contributed by atoms with Crippen LogP contribution >= 0.6 is 23.2 Å². The van der Waals surface area contributed by atoms with Gasteiger partial charge in [0.15, 0.2) is 0 Å². The Bertz CT molecular complexity index is 1420. The third-order valence-electron chi connectivity index (χ3n) is 5.30. The van der Waals surface area contributed by atoms with Gasteiger partial charge in [0, 0.05) is 33.6 Å². The summed E-state index contributed by atoms with van der Waals surface area (Å²) in [4.78, 5) is 9.20. The fraction of sp³-hybridized carbons (Fsp3) is 0.0714. The monoisotopic (exact) mass is 520 g/mol. The summed E-state index contributed by atoms with van der Waals surface area (Å²) in [5.74, 6) is 0. The van der Waals surface area contributed by atoms with Crippen molar-refractivity contribution in [3.8, 4) is 0 Å². The Morgan fingerprint density at radius 1 is 0.600 bits per heavy atom. The maximum Gasteiger partial charge on any atom is 0.206 e. The minimum atomic E-state index is -3.68. The van der Waals surface area contributed by atoms with E-state index in [9.17, 15) is 8.42 Å². The summed E-state index contributed by atoms with van der Waals surface area (Å²) < 4.78 is 26.1. The summed E-state index contributed by atoms with van der Waals surface area (Å²) in [6.07, 6.45) is 3.34. The van der Waals surface area contributed by atoms with E-state index in [1.165, 1.54) is 0 Å². The molecule has 0 aliphatic carbocycles. The second kappa shape index (κ2) is 10.6. The molecule has 0 fully saturated rings. The summed E-state index contributed by atoms with van der Waals surface area (Å²) >= 11 is 12.4. The van der Waals surface area contributed by atoms with Gasteiger partial charge < -0.3 is 0 Å². The first kappa shape index (κ1) is 24.9. The van der Waals surface area contributed by atoms with Crippen LogP contribution in [0.25, 0.3) is 0 Å². The van der Waals surface area contributed by atoms with Gasteiger partial charge in [-0.05, 0) is 86.6 Å². The molecule has 4 aromatic carbocycles. The number of aryl methyl sites for hydroxylation is 2. The van der Waals surface area contributed by atoms with E-state index in [1.54, 1.807) is 61.0 Å². The molecule has 0 aliphatic heterocycles. The van der Waals surface area contributed by atoms with E-state index < -0.39 is 9.84 Å². The largest absolute Gasteiger partial charge is 0.256 e. The summed E-state index contributed by atoms with van der Waals surface area (Å²) in [6.45, 7) is 3.96. The smallest absolute Gasteiger partial charge is 0.206 e. The van der Waals surface area contributed by atoms with Gasteiger partial charge in [-0.25, -0.2) is 8.42 Å². The zero-order chi connectivity index (χ0) is 25.0. The van der Waals surface area contributed by atoms with Gasteiger partial charge in [-0.2, -0.15) is 0 Å². The molecule has 0 unspecified atom stereocenters. The Labute approximate surface area is 215 Å². The van der Waals surface area contributed by atoms with Crippen molar-refractivity contribution in [2.75, 3.05) is 0 Å². The molecule has 0 aromatic heterocycles. The van der Waals surface area contributed by atoms with E-state index in [0.717, 1.165) is 22.3 Å². The highest BCUT2D eigenvalue weighted by Crippen LogP contribution is 2.26. The van der Waals surface area contributed by atoms with E-state index in [-0.39, 0.29) is 9.79 Å². The Kier molecular flexibility index (Phi) is 7.51. The molecule has 4 aromatic rings. The lowest BCUT2D eigenvalue weighted by atomic mass is 10.1. The van der Waals surface area contributed by atoms with Crippen LogP contribution in [-0.2, 0) is 9.84 Å². The second-order valence-electron chi connectivity index (χ2n) is 8.06. The predicted molar refractivity (Wildman–Crippen MR) is 145 cm³/mol. The quantitative estimate of drug-likeness (QED) is 0.242. The van der Waals surface area contributed by atoms with Crippen molar-refractivity contribution in [1.82, 2.24) is 0 Å². The molecule has 0 amide bonds. The van der Waals surface area contributed by atoms with E-state index in [0.29, 0.717) is 21.4 Å². The van der Waals surface area contributed by atoms with Crippen LogP contribution in [0, 0.1) is 13.8 Å². The van der Waals surface area contributed by atoms with Crippen molar-refractivity contribution >= 4 is 56.8 Å². The third-order valence-corrected chi connectivity index (χ3v) is 7.78. The molecule has 0 heterocycles. The summed E-state index contributed by atoms with van der Waals surface area (Å²) in [6, 6.07) is 24.2. The highest BCUT2D eigenvalue weighted by Gasteiger charge is 2.17. The molecule has 176 valence electrons. The Balaban J connectivity index is 1.50. The molecule has 0 saturated carbocycles. The van der Waals surface area contributed by atoms with Crippen molar-refractivity contribution in [3.05, 3.63) is 117 Å². The van der Waals surface area contributed by atoms with Gasteiger partial charge in [0.1, 0.15) is 0 Å². The number of hydrogen-bond donors (Lipinski definition) is 0. The molecule has 0 aliphatic rings. The highest BCUT2D eigenvalue weighted by molar-refractivity contribution is 7.91. The normalized spacial score (nSPS) is 12.0. The average Bonchev–Trinajstić information content (AvgIpc) is 2.85. The minimum absolute atomic E-state index is 0.188. The number of sulfone groups is 1. The van der Waals surface area contributed by atoms with Crippen LogP contribution in [-0.4, -0.2) is 20.8 Å². The standard InChI is InChI=1S/C28H22Cl2N2O2S/c1-19-3-13-27(29)21(15-19)17-31-23-5-9-25(10-6-23)35(33,34)26-11-7-24(8-12-26)32-18-22-16-20(2)4-14-28(22)30/h3-18H,1-2H3/b31-17+,32-18+. The van der Waals surface area contributed by atoms with Crippen LogP contribution in [0.4, 0.5) is 11.4 Å². The highest BCUT2D eigenvalue weighted by atomic mass is 35.5. The van der Waals surface area contributed by atoms with E-state index in [4.69, 9.17) is 23.2 Å². The number of hydrogen-bond acceptors (Lipinski definition) is 4. The second-order valence-corrected chi connectivity index (χ2v) is 10.8. The zero-order valence-electron chi connectivity index (χ0n) is 19.1. The molecular formula is C28H22Cl2N2O2S. The van der Waals surface area contributed by atoms with Crippen molar-refractivity contribution in [3.63, 3.8) is 0 Å². The van der Waals surface area contributed by atoms with Crippen LogP contribution in [0.3, 0.4) is 0 Å². The lowest BCUT2D eigenvalue weighted by molar-refractivity contribution is 0.596. The van der Waals surface area contributed by atoms with Crippen molar-refractivity contribution in [2.45, 2.75) is 23.6 Å². The summed E-state index contributed by atoms with van der Waals surface area (Å²) in [5, 5.41) is 1.21. The average molecular weight is 521 g/mol. The molecular weight excluding hydrogens is 499 g/mol. The van der Waals surface area contributed by atoms with Gasteiger partial charge in [0.2, 0.25) is 9.84 Å². The Hall–Kier alpha value is -3.25. The SMILES string of the molecule is Cc1ccc(Cl)c(/C=N/c2ccc(S(=O)(=O)c3ccc(/N=C/c4cc(C)ccc4Cl)cc3)cc2)c1. The molecule has 4 nitrogen and oxygen atoms in total. The van der Waals surface area contributed by atoms with Gasteiger partial charge in [-0.3, -0.25) is 9.98 Å².